The van der Waals surface area contributed by atoms with E-state index in [0.717, 1.165) is 6.42 Å². The van der Waals surface area contributed by atoms with E-state index < -0.39 is 0 Å². The zero-order chi connectivity index (χ0) is 11.4. The molecule has 0 spiro atoms. The molecule has 0 aliphatic rings. The van der Waals surface area contributed by atoms with E-state index in [2.05, 4.69) is 10.1 Å². The van der Waals surface area contributed by atoms with Crippen LogP contribution in [0.15, 0.2) is 16.0 Å². The van der Waals surface area contributed by atoms with Gasteiger partial charge >= 0.3 is 0 Å². The molecule has 0 unspecified atom stereocenters. The van der Waals surface area contributed by atoms with Crippen molar-refractivity contribution in [3.8, 4) is 16.5 Å². The normalized spacial score (nSPS) is 10.8. The third-order valence-corrected chi connectivity index (χ3v) is 2.95. The van der Waals surface area contributed by atoms with Crippen LogP contribution in [0.3, 0.4) is 0 Å². The highest BCUT2D eigenvalue weighted by molar-refractivity contribution is 7.13. The average molecular weight is 240 g/mol. The third kappa shape index (κ3) is 2.40. The lowest BCUT2D eigenvalue weighted by Crippen LogP contribution is -1.94. The molecule has 5 nitrogen and oxygen atoms in total. The largest absolute Gasteiger partial charge is 0.506 e. The number of rotatable bonds is 5. The number of hydrogen-bond acceptors (Lipinski definition) is 6. The Morgan fingerprint density at radius 2 is 2.44 bits per heavy atom. The minimum atomic E-state index is 0.178. The van der Waals surface area contributed by atoms with Crippen LogP contribution in [0, 0.1) is 0 Å². The van der Waals surface area contributed by atoms with E-state index in [4.69, 9.17) is 9.26 Å². The summed E-state index contributed by atoms with van der Waals surface area (Å²) in [5.74, 6) is 1.19. The van der Waals surface area contributed by atoms with Crippen LogP contribution < -0.4 is 0 Å². The number of aromatic nitrogens is 2. The number of methoxy groups -OCH3 is 1. The summed E-state index contributed by atoms with van der Waals surface area (Å²) >= 11 is 1.37. The van der Waals surface area contributed by atoms with Gasteiger partial charge in [-0.2, -0.15) is 4.98 Å². The second kappa shape index (κ2) is 5.09. The Kier molecular flexibility index (Phi) is 3.53. The summed E-state index contributed by atoms with van der Waals surface area (Å²) in [6.45, 7) is 0.675. The van der Waals surface area contributed by atoms with Gasteiger partial charge in [-0.05, 0) is 17.9 Å². The molecule has 2 aromatic heterocycles. The van der Waals surface area contributed by atoms with Crippen molar-refractivity contribution in [3.05, 3.63) is 17.3 Å². The first-order chi connectivity index (χ1) is 7.81. The van der Waals surface area contributed by atoms with E-state index in [0.29, 0.717) is 29.6 Å². The minimum absolute atomic E-state index is 0.178. The number of thiophene rings is 1. The molecule has 86 valence electrons. The first-order valence-corrected chi connectivity index (χ1v) is 5.77. The number of aromatic hydroxyl groups is 1. The highest BCUT2D eigenvalue weighted by atomic mass is 32.1. The van der Waals surface area contributed by atoms with Crippen molar-refractivity contribution in [1.29, 1.82) is 0 Å². The van der Waals surface area contributed by atoms with Gasteiger partial charge in [0.25, 0.3) is 5.89 Å². The van der Waals surface area contributed by atoms with Crippen LogP contribution in [0.1, 0.15) is 12.2 Å². The summed E-state index contributed by atoms with van der Waals surface area (Å²) in [5, 5.41) is 15.1. The Bertz CT molecular complexity index is 452. The highest BCUT2D eigenvalue weighted by Gasteiger charge is 2.13. The first kappa shape index (κ1) is 11.1. The second-order valence-electron chi connectivity index (χ2n) is 3.25. The van der Waals surface area contributed by atoms with Crippen molar-refractivity contribution >= 4 is 11.3 Å². The minimum Gasteiger partial charge on any atom is -0.506 e. The zero-order valence-electron chi connectivity index (χ0n) is 8.84. The zero-order valence-corrected chi connectivity index (χ0v) is 9.66. The summed E-state index contributed by atoms with van der Waals surface area (Å²) < 4.78 is 10.0. The van der Waals surface area contributed by atoms with Crippen molar-refractivity contribution in [2.45, 2.75) is 12.8 Å². The molecule has 2 aromatic rings. The number of ether oxygens (including phenoxy) is 1. The van der Waals surface area contributed by atoms with Crippen molar-refractivity contribution in [1.82, 2.24) is 10.1 Å². The molecule has 0 fully saturated rings. The lowest BCUT2D eigenvalue weighted by atomic mass is 10.3. The molecule has 2 heterocycles. The van der Waals surface area contributed by atoms with E-state index >= 15 is 0 Å². The molecular formula is C10H12N2O3S. The summed E-state index contributed by atoms with van der Waals surface area (Å²) in [5.41, 5.74) is 0. The van der Waals surface area contributed by atoms with Gasteiger partial charge in [0, 0.05) is 20.1 Å². The maximum atomic E-state index is 9.49. The predicted octanol–water partition coefficient (Wildman–Crippen LogP) is 2.08. The topological polar surface area (TPSA) is 68.4 Å². The number of hydrogen-bond donors (Lipinski definition) is 1. The van der Waals surface area contributed by atoms with Crippen LogP contribution in [0.4, 0.5) is 0 Å². The van der Waals surface area contributed by atoms with Gasteiger partial charge in [0.15, 0.2) is 5.82 Å². The fraction of sp³-hybridized carbons (Fsp3) is 0.400. The van der Waals surface area contributed by atoms with Gasteiger partial charge in [0.2, 0.25) is 0 Å². The van der Waals surface area contributed by atoms with Crippen molar-refractivity contribution in [3.63, 3.8) is 0 Å². The molecule has 6 heteroatoms. The molecule has 0 aromatic carbocycles. The Hall–Kier alpha value is -1.40. The van der Waals surface area contributed by atoms with Crippen molar-refractivity contribution in [2.24, 2.45) is 0 Å². The number of aryl methyl sites for hydroxylation is 1. The fourth-order valence-electron chi connectivity index (χ4n) is 1.28. The van der Waals surface area contributed by atoms with Crippen molar-refractivity contribution in [2.75, 3.05) is 13.7 Å². The summed E-state index contributed by atoms with van der Waals surface area (Å²) in [4.78, 5) is 4.82. The van der Waals surface area contributed by atoms with E-state index in [9.17, 15) is 5.11 Å². The quantitative estimate of drug-likeness (QED) is 0.810. The van der Waals surface area contributed by atoms with Crippen molar-refractivity contribution < 1.29 is 14.4 Å². The van der Waals surface area contributed by atoms with Gasteiger partial charge in [0.05, 0.1) is 0 Å². The van der Waals surface area contributed by atoms with Gasteiger partial charge < -0.3 is 14.4 Å². The monoisotopic (exact) mass is 240 g/mol. The standard InChI is InChI=1S/C10H12N2O3S/c1-14-5-2-3-8-11-10(15-12-8)9-7(13)4-6-16-9/h4,6,13H,2-3,5H2,1H3. The first-order valence-electron chi connectivity index (χ1n) is 4.89. The molecule has 0 radical (unpaired) electrons. The van der Waals surface area contributed by atoms with Crippen LogP contribution in [0.5, 0.6) is 5.75 Å². The third-order valence-electron chi connectivity index (χ3n) is 2.06. The van der Waals surface area contributed by atoms with E-state index in [-0.39, 0.29) is 5.75 Å². The van der Waals surface area contributed by atoms with E-state index in [1.807, 2.05) is 0 Å². The molecule has 0 aliphatic carbocycles. The van der Waals surface area contributed by atoms with Crippen LogP contribution in [0.2, 0.25) is 0 Å². The lowest BCUT2D eigenvalue weighted by Gasteiger charge is -1.93. The SMILES string of the molecule is COCCCc1noc(-c2sccc2O)n1. The molecule has 2 rings (SSSR count). The summed E-state index contributed by atoms with van der Waals surface area (Å²) in [6.07, 6.45) is 1.56. The predicted molar refractivity (Wildman–Crippen MR) is 59.5 cm³/mol. The molecule has 0 atom stereocenters. The van der Waals surface area contributed by atoms with E-state index in [1.54, 1.807) is 18.6 Å². The Morgan fingerprint density at radius 1 is 1.56 bits per heavy atom. The molecule has 0 saturated carbocycles. The summed E-state index contributed by atoms with van der Waals surface area (Å²) in [7, 11) is 1.66. The smallest absolute Gasteiger partial charge is 0.271 e. The Morgan fingerprint density at radius 3 is 3.12 bits per heavy atom. The molecule has 1 N–H and O–H groups in total. The maximum Gasteiger partial charge on any atom is 0.271 e. The van der Waals surface area contributed by atoms with Crippen LogP contribution in [0.25, 0.3) is 10.8 Å². The highest BCUT2D eigenvalue weighted by Crippen LogP contribution is 2.33. The van der Waals surface area contributed by atoms with Crippen LogP contribution in [-0.4, -0.2) is 29.0 Å². The number of nitrogens with zero attached hydrogens (tertiary/aromatic N) is 2. The molecule has 0 saturated heterocycles. The summed E-state index contributed by atoms with van der Waals surface area (Å²) in [6, 6.07) is 1.61. The molecule has 0 amide bonds. The Balaban J connectivity index is 2.05. The lowest BCUT2D eigenvalue weighted by molar-refractivity contribution is 0.194. The van der Waals surface area contributed by atoms with Gasteiger partial charge in [0.1, 0.15) is 10.6 Å². The molecule has 0 bridgehead atoms. The van der Waals surface area contributed by atoms with Gasteiger partial charge in [-0.3, -0.25) is 0 Å². The fourth-order valence-corrected chi connectivity index (χ4v) is 1.99. The van der Waals surface area contributed by atoms with Crippen LogP contribution >= 0.6 is 11.3 Å². The van der Waals surface area contributed by atoms with Gasteiger partial charge in [-0.15, -0.1) is 11.3 Å². The maximum absolute atomic E-state index is 9.49. The molecule has 0 aliphatic heterocycles. The van der Waals surface area contributed by atoms with Gasteiger partial charge in [-0.25, -0.2) is 0 Å². The second-order valence-corrected chi connectivity index (χ2v) is 4.16. The van der Waals surface area contributed by atoms with E-state index in [1.165, 1.54) is 11.3 Å². The Labute approximate surface area is 96.7 Å². The van der Waals surface area contributed by atoms with Gasteiger partial charge in [-0.1, -0.05) is 5.16 Å². The molecule has 16 heavy (non-hydrogen) atoms. The van der Waals surface area contributed by atoms with Crippen LogP contribution in [-0.2, 0) is 11.2 Å². The average Bonchev–Trinajstić information content (AvgIpc) is 2.87. The molecular weight excluding hydrogens is 228 g/mol.